The lowest BCUT2D eigenvalue weighted by Crippen LogP contribution is -2.55. The second kappa shape index (κ2) is 11.0. The number of benzene rings is 2. The van der Waals surface area contributed by atoms with Gasteiger partial charge in [0.05, 0.1) is 6.54 Å². The van der Waals surface area contributed by atoms with Crippen molar-refractivity contribution >= 4 is 11.9 Å². The van der Waals surface area contributed by atoms with Crippen LogP contribution in [-0.2, 0) is 9.53 Å². The molecule has 32 heavy (non-hydrogen) atoms. The molecule has 2 fully saturated rings. The smallest absolute Gasteiger partial charge is 0.251 e. The van der Waals surface area contributed by atoms with Crippen LogP contribution < -0.4 is 10.1 Å². The number of carbonyl (C=O) groups excluding carboxylic acids is 1. The number of para-hydroxylation sites is 1. The van der Waals surface area contributed by atoms with Crippen molar-refractivity contribution in [2.45, 2.75) is 18.9 Å². The van der Waals surface area contributed by atoms with Gasteiger partial charge in [-0.15, -0.1) is 0 Å². The molecule has 0 saturated carbocycles. The van der Waals surface area contributed by atoms with Crippen molar-refractivity contribution in [3.05, 3.63) is 54.6 Å². The zero-order valence-corrected chi connectivity index (χ0v) is 18.7. The first-order valence-corrected chi connectivity index (χ1v) is 11.4. The third-order valence-corrected chi connectivity index (χ3v) is 5.92. The fraction of sp³-hybridized carbons (Fsp3) is 0.440. The normalized spacial score (nSPS) is 19.2. The summed E-state index contributed by atoms with van der Waals surface area (Å²) in [5, 5.41) is 3.39. The number of ether oxygens (including phenoxy) is 2. The van der Waals surface area contributed by atoms with Gasteiger partial charge < -0.3 is 24.6 Å². The van der Waals surface area contributed by atoms with E-state index < -0.39 is 0 Å². The highest BCUT2D eigenvalue weighted by Crippen LogP contribution is 2.29. The molecule has 7 nitrogen and oxygen atoms in total. The fourth-order valence-corrected chi connectivity index (χ4v) is 4.22. The first-order chi connectivity index (χ1) is 15.8. The molecule has 2 aliphatic rings. The number of hydrogen-bond acceptors (Lipinski definition) is 4. The summed E-state index contributed by atoms with van der Waals surface area (Å²) in [6.45, 7) is 4.78. The van der Waals surface area contributed by atoms with E-state index in [-0.39, 0.29) is 12.0 Å². The van der Waals surface area contributed by atoms with Gasteiger partial charge in [-0.05, 0) is 24.5 Å². The Kier molecular flexibility index (Phi) is 7.61. The molecule has 0 radical (unpaired) electrons. The molecule has 1 N–H and O–H groups in total. The van der Waals surface area contributed by atoms with Crippen molar-refractivity contribution in [3.63, 3.8) is 0 Å². The summed E-state index contributed by atoms with van der Waals surface area (Å²) in [5.74, 6) is 1.85. The Balaban J connectivity index is 1.24. The molecule has 7 heteroatoms. The third kappa shape index (κ3) is 5.40. The number of nitrogens with zero attached hydrogens (tertiary/aromatic N) is 3. The van der Waals surface area contributed by atoms with Crippen molar-refractivity contribution in [1.82, 2.24) is 15.1 Å². The highest BCUT2D eigenvalue weighted by Gasteiger charge is 2.30. The van der Waals surface area contributed by atoms with Gasteiger partial charge in [-0.3, -0.25) is 9.79 Å². The maximum atomic E-state index is 12.5. The SMILES string of the molecule is CN=C(NCCOc1ccccc1-c1ccccc1)N1CCN(C(=O)C2CCCO2)CC1. The van der Waals surface area contributed by atoms with E-state index in [1.807, 2.05) is 41.3 Å². The lowest BCUT2D eigenvalue weighted by molar-refractivity contribution is -0.142. The highest BCUT2D eigenvalue weighted by atomic mass is 16.5. The van der Waals surface area contributed by atoms with Crippen molar-refractivity contribution in [2.24, 2.45) is 4.99 Å². The summed E-state index contributed by atoms with van der Waals surface area (Å²) in [7, 11) is 1.79. The van der Waals surface area contributed by atoms with Gasteiger partial charge in [0.25, 0.3) is 5.91 Å². The van der Waals surface area contributed by atoms with Crippen molar-refractivity contribution in [3.8, 4) is 16.9 Å². The summed E-state index contributed by atoms with van der Waals surface area (Å²) in [6.07, 6.45) is 1.58. The fourth-order valence-electron chi connectivity index (χ4n) is 4.22. The standard InChI is InChI=1S/C25H32N4O3/c1-26-25(29-16-14-28(15-17-29)24(30)23-12-7-18-31-23)27-13-19-32-22-11-6-5-10-21(22)20-8-3-2-4-9-20/h2-6,8-11,23H,7,12-19H2,1H3,(H,26,27). The van der Waals surface area contributed by atoms with Crippen LogP contribution in [0.25, 0.3) is 11.1 Å². The van der Waals surface area contributed by atoms with Gasteiger partial charge in [-0.2, -0.15) is 0 Å². The molecule has 2 aromatic rings. The Morgan fingerprint density at radius 2 is 1.78 bits per heavy atom. The quantitative estimate of drug-likeness (QED) is 0.428. The molecule has 4 rings (SSSR count). The highest BCUT2D eigenvalue weighted by molar-refractivity contribution is 5.82. The predicted molar refractivity (Wildman–Crippen MR) is 126 cm³/mol. The van der Waals surface area contributed by atoms with Crippen LogP contribution in [0.5, 0.6) is 5.75 Å². The maximum absolute atomic E-state index is 12.5. The molecule has 0 spiro atoms. The number of guanidine groups is 1. The average Bonchev–Trinajstić information content (AvgIpc) is 3.40. The Bertz CT molecular complexity index is 904. The molecule has 0 aromatic heterocycles. The van der Waals surface area contributed by atoms with Gasteiger partial charge in [0.15, 0.2) is 5.96 Å². The van der Waals surface area contributed by atoms with E-state index in [2.05, 4.69) is 33.4 Å². The Labute approximate surface area is 190 Å². The van der Waals surface area contributed by atoms with Crippen LogP contribution in [0.2, 0.25) is 0 Å². The van der Waals surface area contributed by atoms with Gasteiger partial charge in [0, 0.05) is 45.4 Å². The molecule has 1 atom stereocenters. The molecule has 170 valence electrons. The molecule has 2 saturated heterocycles. The van der Waals surface area contributed by atoms with Crippen LogP contribution in [0.4, 0.5) is 0 Å². The van der Waals surface area contributed by atoms with Crippen LogP contribution in [0.3, 0.4) is 0 Å². The summed E-state index contributed by atoms with van der Waals surface area (Å²) in [4.78, 5) is 21.1. The van der Waals surface area contributed by atoms with Crippen LogP contribution in [0.15, 0.2) is 59.6 Å². The molecule has 2 heterocycles. The minimum atomic E-state index is -0.241. The van der Waals surface area contributed by atoms with Crippen LogP contribution in [0, 0.1) is 0 Å². The molecule has 0 aliphatic carbocycles. The number of amides is 1. The average molecular weight is 437 g/mol. The molecule has 1 unspecified atom stereocenters. The summed E-state index contributed by atoms with van der Waals surface area (Å²) in [5.41, 5.74) is 2.23. The van der Waals surface area contributed by atoms with Gasteiger partial charge >= 0.3 is 0 Å². The van der Waals surface area contributed by atoms with Crippen LogP contribution >= 0.6 is 0 Å². The number of hydrogen-bond donors (Lipinski definition) is 1. The minimum Gasteiger partial charge on any atom is -0.491 e. The molecule has 0 bridgehead atoms. The first-order valence-electron chi connectivity index (χ1n) is 11.4. The second-order valence-corrected chi connectivity index (χ2v) is 8.00. The zero-order valence-electron chi connectivity index (χ0n) is 18.7. The van der Waals surface area contributed by atoms with E-state index in [0.717, 1.165) is 48.8 Å². The third-order valence-electron chi connectivity index (χ3n) is 5.92. The number of aliphatic imine (C=N–C) groups is 1. The van der Waals surface area contributed by atoms with Crippen molar-refractivity contribution in [1.29, 1.82) is 0 Å². The number of carbonyl (C=O) groups is 1. The largest absolute Gasteiger partial charge is 0.491 e. The number of piperazine rings is 1. The van der Waals surface area contributed by atoms with Crippen molar-refractivity contribution < 1.29 is 14.3 Å². The Morgan fingerprint density at radius 3 is 2.50 bits per heavy atom. The van der Waals surface area contributed by atoms with Gasteiger partial charge in [-0.1, -0.05) is 48.5 Å². The monoisotopic (exact) mass is 436 g/mol. The van der Waals surface area contributed by atoms with Gasteiger partial charge in [-0.25, -0.2) is 0 Å². The number of nitrogens with one attached hydrogen (secondary N) is 1. The van der Waals surface area contributed by atoms with E-state index in [4.69, 9.17) is 9.47 Å². The maximum Gasteiger partial charge on any atom is 0.251 e. The van der Waals surface area contributed by atoms with Crippen LogP contribution in [-0.4, -0.2) is 80.8 Å². The van der Waals surface area contributed by atoms with Gasteiger partial charge in [0.2, 0.25) is 0 Å². The number of rotatable bonds is 6. The minimum absolute atomic E-state index is 0.135. The molecular weight excluding hydrogens is 404 g/mol. The Hall–Kier alpha value is -3.06. The summed E-state index contributed by atoms with van der Waals surface area (Å²) < 4.78 is 11.6. The topological polar surface area (TPSA) is 66.4 Å². The van der Waals surface area contributed by atoms with E-state index in [1.54, 1.807) is 7.05 Å². The molecule has 2 aliphatic heterocycles. The lowest BCUT2D eigenvalue weighted by atomic mass is 10.1. The predicted octanol–water partition coefficient (Wildman–Crippen LogP) is 2.63. The summed E-state index contributed by atoms with van der Waals surface area (Å²) in [6, 6.07) is 18.4. The molecular formula is C25H32N4O3. The van der Waals surface area contributed by atoms with E-state index in [1.165, 1.54) is 0 Å². The van der Waals surface area contributed by atoms with E-state index in [9.17, 15) is 4.79 Å². The molecule has 2 aromatic carbocycles. The first kappa shape index (κ1) is 22.1. The summed E-state index contributed by atoms with van der Waals surface area (Å²) >= 11 is 0. The van der Waals surface area contributed by atoms with E-state index in [0.29, 0.717) is 32.8 Å². The van der Waals surface area contributed by atoms with Crippen LogP contribution in [0.1, 0.15) is 12.8 Å². The van der Waals surface area contributed by atoms with Crippen molar-refractivity contribution in [2.75, 3.05) is 53.0 Å². The molecule has 1 amide bonds. The zero-order chi connectivity index (χ0) is 22.2. The van der Waals surface area contributed by atoms with E-state index >= 15 is 0 Å². The Morgan fingerprint density at radius 1 is 1.06 bits per heavy atom. The van der Waals surface area contributed by atoms with Gasteiger partial charge in [0.1, 0.15) is 18.5 Å². The second-order valence-electron chi connectivity index (χ2n) is 8.00. The lowest BCUT2D eigenvalue weighted by Gasteiger charge is -2.37.